The van der Waals surface area contributed by atoms with Crippen LogP contribution in [0.15, 0.2) is 72.8 Å². The summed E-state index contributed by atoms with van der Waals surface area (Å²) >= 11 is 0. The Morgan fingerprint density at radius 2 is 1.63 bits per heavy atom. The van der Waals surface area contributed by atoms with Crippen LogP contribution in [-0.4, -0.2) is 52.2 Å². The molecule has 1 heterocycles. The SMILES string of the molecule is COc1cc(NC(C(=O)N2CCS(O)(O)CC2c2ccccc2)c2ccc(C)cc2)cc(OC)c1. The lowest BCUT2D eigenvalue weighted by molar-refractivity contribution is -0.134. The molecular weight excluding hydrogens is 464 g/mol. The molecule has 1 aliphatic heterocycles. The number of benzene rings is 3. The Bertz CT molecular complexity index is 1130. The number of rotatable bonds is 7. The Balaban J connectivity index is 1.72. The average molecular weight is 497 g/mol. The maximum Gasteiger partial charge on any atom is 0.250 e. The van der Waals surface area contributed by atoms with Gasteiger partial charge in [0.15, 0.2) is 0 Å². The fraction of sp³-hybridized carbons (Fsp3) is 0.296. The zero-order valence-electron chi connectivity index (χ0n) is 20.2. The van der Waals surface area contributed by atoms with Gasteiger partial charge in [0.05, 0.1) is 31.8 Å². The van der Waals surface area contributed by atoms with Gasteiger partial charge in [0.25, 0.3) is 0 Å². The number of ether oxygens (including phenoxy) is 2. The van der Waals surface area contributed by atoms with E-state index < -0.39 is 22.7 Å². The van der Waals surface area contributed by atoms with Gasteiger partial charge in [0.2, 0.25) is 5.91 Å². The molecule has 7 nitrogen and oxygen atoms in total. The number of nitrogens with zero attached hydrogens (tertiary/aromatic N) is 1. The van der Waals surface area contributed by atoms with Crippen LogP contribution in [0.25, 0.3) is 0 Å². The normalized spacial score (nSPS) is 18.9. The van der Waals surface area contributed by atoms with Gasteiger partial charge in [-0.25, -0.2) is 0 Å². The Morgan fingerprint density at radius 3 is 2.23 bits per heavy atom. The molecule has 1 amide bonds. The summed E-state index contributed by atoms with van der Waals surface area (Å²) in [6.45, 7) is 2.26. The zero-order valence-corrected chi connectivity index (χ0v) is 21.0. The fourth-order valence-corrected chi connectivity index (χ4v) is 5.85. The lowest BCUT2D eigenvalue weighted by Gasteiger charge is -2.47. The van der Waals surface area contributed by atoms with E-state index in [4.69, 9.17) is 9.47 Å². The maximum absolute atomic E-state index is 14.1. The van der Waals surface area contributed by atoms with Gasteiger partial charge in [-0.3, -0.25) is 13.9 Å². The van der Waals surface area contributed by atoms with E-state index >= 15 is 0 Å². The van der Waals surface area contributed by atoms with E-state index in [2.05, 4.69) is 5.32 Å². The fourth-order valence-electron chi connectivity index (χ4n) is 4.31. The number of nitrogens with one attached hydrogen (secondary N) is 1. The second-order valence-corrected chi connectivity index (χ2v) is 11.1. The standard InChI is InChI=1S/C27H32N2O5S/c1-19-9-11-21(12-10-19)26(28-22-15-23(33-2)17-24(16-22)34-3)27(30)29-13-14-35(31,32)18-25(29)20-7-5-4-6-8-20/h4-12,15-17,25-26,28,31-32H,13-14,18H2,1-3H3. The largest absolute Gasteiger partial charge is 0.497 e. The third kappa shape index (κ3) is 5.90. The molecule has 0 aromatic heterocycles. The van der Waals surface area contributed by atoms with Crippen LogP contribution in [-0.2, 0) is 4.79 Å². The zero-order chi connectivity index (χ0) is 25.0. The van der Waals surface area contributed by atoms with Crippen molar-refractivity contribution in [1.29, 1.82) is 0 Å². The van der Waals surface area contributed by atoms with Crippen molar-refractivity contribution in [3.63, 3.8) is 0 Å². The van der Waals surface area contributed by atoms with Crippen LogP contribution in [0.2, 0.25) is 0 Å². The molecule has 186 valence electrons. The minimum atomic E-state index is -2.77. The molecule has 3 aromatic carbocycles. The minimum absolute atomic E-state index is 0.121. The van der Waals surface area contributed by atoms with E-state index in [9.17, 15) is 13.9 Å². The van der Waals surface area contributed by atoms with Crippen molar-refractivity contribution in [2.75, 3.05) is 37.6 Å². The van der Waals surface area contributed by atoms with Gasteiger partial charge in [0, 0.05) is 30.4 Å². The van der Waals surface area contributed by atoms with Crippen LogP contribution in [0.4, 0.5) is 5.69 Å². The molecule has 1 fully saturated rings. The highest BCUT2D eigenvalue weighted by molar-refractivity contribution is 8.24. The average Bonchev–Trinajstić information content (AvgIpc) is 2.87. The summed E-state index contributed by atoms with van der Waals surface area (Å²) < 4.78 is 31.8. The van der Waals surface area contributed by atoms with Gasteiger partial charge in [-0.05, 0) is 18.1 Å². The molecule has 0 spiro atoms. The minimum Gasteiger partial charge on any atom is -0.497 e. The molecule has 1 saturated heterocycles. The highest BCUT2D eigenvalue weighted by Crippen LogP contribution is 2.48. The van der Waals surface area contributed by atoms with Crippen molar-refractivity contribution >= 4 is 22.2 Å². The van der Waals surface area contributed by atoms with Crippen molar-refractivity contribution in [2.45, 2.75) is 19.0 Å². The quantitative estimate of drug-likeness (QED) is 0.400. The van der Waals surface area contributed by atoms with Gasteiger partial charge in [-0.1, -0.05) is 60.2 Å². The molecule has 2 atom stereocenters. The van der Waals surface area contributed by atoms with Gasteiger partial charge in [0.1, 0.15) is 17.5 Å². The van der Waals surface area contributed by atoms with Crippen LogP contribution >= 0.6 is 10.6 Å². The summed E-state index contributed by atoms with van der Waals surface area (Å²) in [5.74, 6) is 1.36. The summed E-state index contributed by atoms with van der Waals surface area (Å²) in [5.41, 5.74) is 3.47. The number of carbonyl (C=O) groups excluding carboxylic acids is 1. The third-order valence-electron chi connectivity index (χ3n) is 6.25. The number of hydrogen-bond donors (Lipinski definition) is 3. The first-order chi connectivity index (χ1) is 16.8. The number of amides is 1. The first kappa shape index (κ1) is 24.9. The summed E-state index contributed by atoms with van der Waals surface area (Å²) in [4.78, 5) is 15.9. The number of hydrogen-bond acceptors (Lipinski definition) is 6. The van der Waals surface area contributed by atoms with Gasteiger partial charge in [-0.15, -0.1) is 0 Å². The van der Waals surface area contributed by atoms with Crippen molar-refractivity contribution in [2.24, 2.45) is 0 Å². The smallest absolute Gasteiger partial charge is 0.250 e. The van der Waals surface area contributed by atoms with E-state index in [1.165, 1.54) is 0 Å². The molecule has 3 aromatic rings. The predicted molar refractivity (Wildman–Crippen MR) is 141 cm³/mol. The van der Waals surface area contributed by atoms with Crippen molar-refractivity contribution in [1.82, 2.24) is 4.90 Å². The Morgan fingerprint density at radius 1 is 1.00 bits per heavy atom. The van der Waals surface area contributed by atoms with E-state index in [-0.39, 0.29) is 24.0 Å². The van der Waals surface area contributed by atoms with E-state index in [1.54, 1.807) is 25.2 Å². The summed E-state index contributed by atoms with van der Waals surface area (Å²) in [6.07, 6.45) is 0. The number of aryl methyl sites for hydroxylation is 1. The molecule has 1 aliphatic rings. The van der Waals surface area contributed by atoms with Crippen molar-refractivity contribution < 1.29 is 23.4 Å². The van der Waals surface area contributed by atoms with Crippen LogP contribution in [0, 0.1) is 6.92 Å². The van der Waals surface area contributed by atoms with Crippen LogP contribution < -0.4 is 14.8 Å². The molecule has 4 rings (SSSR count). The Labute approximate surface area is 208 Å². The number of carbonyl (C=O) groups is 1. The van der Waals surface area contributed by atoms with E-state index in [0.717, 1.165) is 16.7 Å². The molecular formula is C27H32N2O5S. The van der Waals surface area contributed by atoms with Crippen molar-refractivity contribution in [3.8, 4) is 11.5 Å². The van der Waals surface area contributed by atoms with Gasteiger partial charge >= 0.3 is 0 Å². The van der Waals surface area contributed by atoms with Crippen LogP contribution in [0.5, 0.6) is 11.5 Å². The molecule has 35 heavy (non-hydrogen) atoms. The van der Waals surface area contributed by atoms with Crippen molar-refractivity contribution in [3.05, 3.63) is 89.5 Å². The molecule has 8 heteroatoms. The molecule has 0 bridgehead atoms. The summed E-state index contributed by atoms with van der Waals surface area (Å²) in [5, 5.41) is 3.38. The van der Waals surface area contributed by atoms with Gasteiger partial charge < -0.3 is 19.7 Å². The Hall–Kier alpha value is -3.20. The summed E-state index contributed by atoms with van der Waals surface area (Å²) in [6, 6.07) is 21.7. The topological polar surface area (TPSA) is 91.3 Å². The maximum atomic E-state index is 14.1. The monoisotopic (exact) mass is 496 g/mol. The van der Waals surface area contributed by atoms with Crippen LogP contribution in [0.3, 0.4) is 0 Å². The molecule has 0 saturated carbocycles. The lowest BCUT2D eigenvalue weighted by Crippen LogP contribution is -2.47. The highest BCUT2D eigenvalue weighted by atomic mass is 32.3. The lowest BCUT2D eigenvalue weighted by atomic mass is 10.0. The molecule has 3 N–H and O–H groups in total. The first-order valence-electron chi connectivity index (χ1n) is 11.4. The molecule has 0 aliphatic carbocycles. The van der Waals surface area contributed by atoms with E-state index in [1.807, 2.05) is 73.7 Å². The predicted octanol–water partition coefficient (Wildman–Crippen LogP) is 5.50. The third-order valence-corrected chi connectivity index (χ3v) is 7.93. The highest BCUT2D eigenvalue weighted by Gasteiger charge is 2.38. The Kier molecular flexibility index (Phi) is 7.54. The first-order valence-corrected chi connectivity index (χ1v) is 13.3. The second kappa shape index (κ2) is 10.6. The van der Waals surface area contributed by atoms with Crippen LogP contribution in [0.1, 0.15) is 28.8 Å². The molecule has 2 unspecified atom stereocenters. The summed E-state index contributed by atoms with van der Waals surface area (Å²) in [7, 11) is 0.395. The van der Waals surface area contributed by atoms with Gasteiger partial charge in [-0.2, -0.15) is 10.6 Å². The number of anilines is 1. The number of methoxy groups -OCH3 is 2. The molecule has 0 radical (unpaired) electrons. The van der Waals surface area contributed by atoms with E-state index in [0.29, 0.717) is 17.2 Å². The second-order valence-electron chi connectivity index (χ2n) is 8.72.